The molecule has 8 nitrogen and oxygen atoms in total. The third-order valence-electron chi connectivity index (χ3n) is 7.15. The third-order valence-corrected chi connectivity index (χ3v) is 7.15. The first-order chi connectivity index (χ1) is 18.6. The van der Waals surface area contributed by atoms with E-state index in [1.165, 1.54) is 4.90 Å². The highest BCUT2D eigenvalue weighted by atomic mass is 19.1. The smallest absolute Gasteiger partial charge is 0.255 e. The molecule has 2 aromatic carbocycles. The third kappa shape index (κ3) is 6.65. The van der Waals surface area contributed by atoms with E-state index < -0.39 is 11.9 Å². The summed E-state index contributed by atoms with van der Waals surface area (Å²) in [4.78, 5) is 40.7. The molecule has 210 valence electrons. The number of piperidine rings is 1. The van der Waals surface area contributed by atoms with Gasteiger partial charge >= 0.3 is 0 Å². The summed E-state index contributed by atoms with van der Waals surface area (Å²) < 4.78 is 27.5. The summed E-state index contributed by atoms with van der Waals surface area (Å²) in [6, 6.07) is 9.80. The Morgan fingerprint density at radius 2 is 1.85 bits per heavy atom. The van der Waals surface area contributed by atoms with Crippen LogP contribution in [0.2, 0.25) is 0 Å². The van der Waals surface area contributed by atoms with Gasteiger partial charge in [-0.2, -0.15) is 0 Å². The fourth-order valence-corrected chi connectivity index (χ4v) is 5.46. The van der Waals surface area contributed by atoms with E-state index in [1.807, 2.05) is 26.8 Å². The van der Waals surface area contributed by atoms with Crippen LogP contribution >= 0.6 is 0 Å². The van der Waals surface area contributed by atoms with Gasteiger partial charge in [-0.25, -0.2) is 4.39 Å². The van der Waals surface area contributed by atoms with Crippen molar-refractivity contribution in [3.05, 3.63) is 64.5 Å². The molecule has 0 aliphatic carbocycles. The van der Waals surface area contributed by atoms with Crippen molar-refractivity contribution in [1.29, 1.82) is 0 Å². The second-order valence-corrected chi connectivity index (χ2v) is 10.8. The summed E-state index contributed by atoms with van der Waals surface area (Å²) in [7, 11) is 0. The average molecular weight is 540 g/mol. The van der Waals surface area contributed by atoms with E-state index in [0.717, 1.165) is 13.0 Å². The lowest BCUT2D eigenvalue weighted by Gasteiger charge is -2.32. The van der Waals surface area contributed by atoms with Crippen LogP contribution in [0, 0.1) is 5.82 Å². The number of hydrogen-bond acceptors (Lipinski definition) is 6. The summed E-state index contributed by atoms with van der Waals surface area (Å²) in [6.07, 6.45) is 1.42. The van der Waals surface area contributed by atoms with Crippen LogP contribution in [0.5, 0.6) is 5.75 Å². The van der Waals surface area contributed by atoms with Gasteiger partial charge in [0.25, 0.3) is 5.91 Å². The monoisotopic (exact) mass is 539 g/mol. The van der Waals surface area contributed by atoms with E-state index >= 15 is 4.39 Å². The predicted octanol–water partition coefficient (Wildman–Crippen LogP) is 4.19. The van der Waals surface area contributed by atoms with Gasteiger partial charge in [0.15, 0.2) is 0 Å². The zero-order chi connectivity index (χ0) is 28.2. The number of fused-ring (bicyclic) bond motifs is 1. The highest BCUT2D eigenvalue weighted by molar-refractivity contribution is 6.05. The predicted molar refractivity (Wildman–Crippen MR) is 144 cm³/mol. The molecule has 9 heteroatoms. The normalized spacial score (nSPS) is 17.5. The van der Waals surface area contributed by atoms with Crippen molar-refractivity contribution in [2.45, 2.75) is 78.3 Å². The number of benzene rings is 2. The molecule has 0 radical (unpaired) electrons. The molecule has 0 spiro atoms. The number of carbonyl (C=O) groups is 3. The Balaban J connectivity index is 1.47. The number of ether oxygens (including phenoxy) is 2. The Hall–Kier alpha value is -3.30. The van der Waals surface area contributed by atoms with Gasteiger partial charge in [-0.1, -0.05) is 31.2 Å². The zero-order valence-electron chi connectivity index (χ0n) is 23.2. The second-order valence-electron chi connectivity index (χ2n) is 10.8. The molecule has 0 unspecified atom stereocenters. The molecule has 3 amide bonds. The highest BCUT2D eigenvalue weighted by Gasteiger charge is 2.40. The van der Waals surface area contributed by atoms with Crippen LogP contribution in [0.1, 0.15) is 74.0 Å². The Morgan fingerprint density at radius 1 is 1.10 bits per heavy atom. The quantitative estimate of drug-likeness (QED) is 0.407. The highest BCUT2D eigenvalue weighted by Crippen LogP contribution is 2.34. The van der Waals surface area contributed by atoms with E-state index in [9.17, 15) is 14.4 Å². The molecular weight excluding hydrogens is 501 g/mol. The summed E-state index contributed by atoms with van der Waals surface area (Å²) in [5.41, 5.74) is 1.80. The molecule has 0 saturated carbocycles. The van der Waals surface area contributed by atoms with Crippen LogP contribution in [-0.4, -0.2) is 58.9 Å². The largest absolute Gasteiger partial charge is 0.488 e. The Bertz CT molecular complexity index is 1230. The first-order valence-corrected chi connectivity index (χ1v) is 13.7. The standard InChI is InChI=1S/C30H38FN3O5/c1-5-15-33(19-30(3,4)39-6-2)16-20-9-7-10-21(27(20)31)18-38-25-12-8-11-22-23(25)17-34(29(22)37)24-13-14-26(35)32-28(24)36/h7-12,24H,5-6,13-19H2,1-4H3,(H,32,35,36)/t24-/m0/s1. The van der Waals surface area contributed by atoms with Gasteiger partial charge in [-0.3, -0.25) is 24.6 Å². The van der Waals surface area contributed by atoms with Crippen molar-refractivity contribution in [1.82, 2.24) is 15.1 Å². The van der Waals surface area contributed by atoms with Crippen molar-refractivity contribution in [3.8, 4) is 5.75 Å². The lowest BCUT2D eigenvalue weighted by Crippen LogP contribution is -2.52. The fraction of sp³-hybridized carbons (Fsp3) is 0.500. The topological polar surface area (TPSA) is 88.2 Å². The lowest BCUT2D eigenvalue weighted by atomic mass is 10.0. The minimum Gasteiger partial charge on any atom is -0.488 e. The van der Waals surface area contributed by atoms with E-state index in [2.05, 4.69) is 17.1 Å². The summed E-state index contributed by atoms with van der Waals surface area (Å²) in [5.74, 6) is -0.891. The number of hydrogen-bond donors (Lipinski definition) is 1. The van der Waals surface area contributed by atoms with Crippen molar-refractivity contribution < 1.29 is 28.2 Å². The number of imide groups is 1. The average Bonchev–Trinajstić information content (AvgIpc) is 3.21. The van der Waals surface area contributed by atoms with Crippen LogP contribution in [0.4, 0.5) is 4.39 Å². The lowest BCUT2D eigenvalue weighted by molar-refractivity contribution is -0.136. The maximum atomic E-state index is 15.6. The van der Waals surface area contributed by atoms with Gasteiger partial charge in [0.2, 0.25) is 11.8 Å². The van der Waals surface area contributed by atoms with Gasteiger partial charge in [-0.05, 0) is 52.3 Å². The number of amides is 3. The van der Waals surface area contributed by atoms with Gasteiger partial charge in [0.05, 0.1) is 12.1 Å². The van der Waals surface area contributed by atoms with Crippen LogP contribution in [0.3, 0.4) is 0 Å². The van der Waals surface area contributed by atoms with Gasteiger partial charge in [0, 0.05) is 48.4 Å². The molecule has 2 aliphatic rings. The van der Waals surface area contributed by atoms with Crippen molar-refractivity contribution in [2.75, 3.05) is 19.7 Å². The van der Waals surface area contributed by atoms with Crippen molar-refractivity contribution >= 4 is 17.7 Å². The number of halogens is 1. The maximum Gasteiger partial charge on any atom is 0.255 e. The van der Waals surface area contributed by atoms with Crippen LogP contribution in [0.15, 0.2) is 36.4 Å². The van der Waals surface area contributed by atoms with Gasteiger partial charge in [0.1, 0.15) is 24.2 Å². The first-order valence-electron chi connectivity index (χ1n) is 13.7. The number of carbonyl (C=O) groups excluding carboxylic acids is 3. The summed E-state index contributed by atoms with van der Waals surface area (Å²) in [6.45, 7) is 10.9. The SMILES string of the molecule is CCCN(Cc1cccc(COc2cccc3c2CN([C@H]2CCC(=O)NC2=O)C3=O)c1F)CC(C)(C)OCC. The number of nitrogens with zero attached hydrogens (tertiary/aromatic N) is 2. The van der Waals surface area contributed by atoms with E-state index in [-0.39, 0.29) is 49.2 Å². The van der Waals surface area contributed by atoms with E-state index in [1.54, 1.807) is 30.3 Å². The molecule has 1 fully saturated rings. The van der Waals surface area contributed by atoms with Crippen molar-refractivity contribution in [3.63, 3.8) is 0 Å². The van der Waals surface area contributed by atoms with Crippen LogP contribution in [-0.2, 0) is 34.0 Å². The zero-order valence-corrected chi connectivity index (χ0v) is 23.2. The Kier molecular flexibility index (Phi) is 9.02. The molecule has 39 heavy (non-hydrogen) atoms. The molecular formula is C30H38FN3O5. The molecule has 4 rings (SSSR count). The Morgan fingerprint density at radius 3 is 2.56 bits per heavy atom. The van der Waals surface area contributed by atoms with E-state index in [4.69, 9.17) is 9.47 Å². The summed E-state index contributed by atoms with van der Waals surface area (Å²) in [5, 5.41) is 2.31. The van der Waals surface area contributed by atoms with Crippen LogP contribution < -0.4 is 10.1 Å². The molecule has 1 saturated heterocycles. The molecule has 1 N–H and O–H groups in total. The van der Waals surface area contributed by atoms with Crippen molar-refractivity contribution in [2.24, 2.45) is 0 Å². The second kappa shape index (κ2) is 12.3. The minimum atomic E-state index is -0.705. The molecule has 0 bridgehead atoms. The molecule has 2 aromatic rings. The molecule has 1 atom stereocenters. The number of nitrogens with one attached hydrogen (secondary N) is 1. The maximum absolute atomic E-state index is 15.6. The fourth-order valence-electron chi connectivity index (χ4n) is 5.46. The first kappa shape index (κ1) is 28.7. The number of rotatable bonds is 12. The molecule has 2 heterocycles. The molecule has 2 aliphatic heterocycles. The minimum absolute atomic E-state index is 0.000943. The van der Waals surface area contributed by atoms with Gasteiger partial charge < -0.3 is 14.4 Å². The van der Waals surface area contributed by atoms with Gasteiger partial charge in [-0.15, -0.1) is 0 Å². The Labute approximate surface area is 229 Å². The van der Waals surface area contributed by atoms with Crippen LogP contribution in [0.25, 0.3) is 0 Å². The van der Waals surface area contributed by atoms with E-state index in [0.29, 0.717) is 47.7 Å². The summed E-state index contributed by atoms with van der Waals surface area (Å²) >= 11 is 0. The molecule has 0 aromatic heterocycles.